The van der Waals surface area contributed by atoms with Gasteiger partial charge in [0.1, 0.15) is 11.6 Å². The first-order valence-corrected chi connectivity index (χ1v) is 11.7. The molecule has 2 heteroatoms. The molecule has 158 valence electrons. The highest BCUT2D eigenvalue weighted by molar-refractivity contribution is 5.89. The van der Waals surface area contributed by atoms with Crippen LogP contribution in [0.3, 0.4) is 0 Å². The summed E-state index contributed by atoms with van der Waals surface area (Å²) in [6.45, 7) is 2.28. The third-order valence-corrected chi connectivity index (χ3v) is 6.92. The summed E-state index contributed by atoms with van der Waals surface area (Å²) >= 11 is 0. The maximum atomic E-state index is 14.5. The van der Waals surface area contributed by atoms with Gasteiger partial charge in [-0.2, -0.15) is 0 Å². The van der Waals surface area contributed by atoms with Gasteiger partial charge >= 0.3 is 0 Å². The summed E-state index contributed by atoms with van der Waals surface area (Å²) in [6, 6.07) is 17.2. The van der Waals surface area contributed by atoms with E-state index >= 15 is 0 Å². The molecule has 4 rings (SSSR count). The van der Waals surface area contributed by atoms with Crippen LogP contribution in [0.15, 0.2) is 54.6 Å². The molecule has 1 aliphatic rings. The lowest BCUT2D eigenvalue weighted by atomic mass is 9.77. The SMILES string of the molecule is CCCCCCC1CCC(c2ccc(-c3cc(F)c4cc(O)ccc4c3)cc2)CC1. The highest BCUT2D eigenvalue weighted by Crippen LogP contribution is 2.38. The molecule has 0 aliphatic heterocycles. The summed E-state index contributed by atoms with van der Waals surface area (Å²) in [4.78, 5) is 0. The van der Waals surface area contributed by atoms with Crippen molar-refractivity contribution in [3.8, 4) is 16.9 Å². The summed E-state index contributed by atoms with van der Waals surface area (Å²) in [5.74, 6) is 1.40. The second kappa shape index (κ2) is 9.64. The molecule has 30 heavy (non-hydrogen) atoms. The zero-order chi connectivity index (χ0) is 20.9. The second-order valence-electron chi connectivity index (χ2n) is 9.05. The third kappa shape index (κ3) is 4.86. The van der Waals surface area contributed by atoms with E-state index in [0.717, 1.165) is 22.4 Å². The van der Waals surface area contributed by atoms with E-state index in [1.54, 1.807) is 18.2 Å². The summed E-state index contributed by atoms with van der Waals surface area (Å²) < 4.78 is 14.5. The molecule has 1 nitrogen and oxygen atoms in total. The Bertz CT molecular complexity index is 968. The standard InChI is InChI=1S/C28H33FO/c1-2-3-4-5-6-20-7-9-21(10-8-20)22-11-13-23(14-12-22)25-17-24-15-16-26(30)19-27(24)28(29)18-25/h11-21,30H,2-10H2,1H3. The number of rotatable bonds is 7. The lowest BCUT2D eigenvalue weighted by Gasteiger charge is -2.29. The first kappa shape index (κ1) is 20.9. The van der Waals surface area contributed by atoms with Gasteiger partial charge in [0, 0.05) is 5.39 Å². The van der Waals surface area contributed by atoms with Gasteiger partial charge in [-0.25, -0.2) is 4.39 Å². The van der Waals surface area contributed by atoms with E-state index in [2.05, 4.69) is 31.2 Å². The average molecular weight is 405 g/mol. The fourth-order valence-electron chi connectivity index (χ4n) is 5.06. The smallest absolute Gasteiger partial charge is 0.131 e. The van der Waals surface area contributed by atoms with Crippen molar-refractivity contribution in [1.29, 1.82) is 0 Å². The molecule has 0 amide bonds. The number of phenols is 1. The van der Waals surface area contributed by atoms with Crippen LogP contribution in [-0.2, 0) is 0 Å². The van der Waals surface area contributed by atoms with Crippen LogP contribution < -0.4 is 0 Å². The van der Waals surface area contributed by atoms with Crippen molar-refractivity contribution in [2.24, 2.45) is 5.92 Å². The van der Waals surface area contributed by atoms with Crippen LogP contribution in [0, 0.1) is 11.7 Å². The minimum absolute atomic E-state index is 0.0918. The van der Waals surface area contributed by atoms with Gasteiger partial charge in [0.25, 0.3) is 0 Å². The maximum absolute atomic E-state index is 14.5. The van der Waals surface area contributed by atoms with Gasteiger partial charge in [-0.05, 0) is 83.9 Å². The van der Waals surface area contributed by atoms with Gasteiger partial charge in [-0.1, -0.05) is 69.4 Å². The molecule has 0 spiro atoms. The number of hydrogen-bond acceptors (Lipinski definition) is 1. The fraction of sp³-hybridized carbons (Fsp3) is 0.429. The average Bonchev–Trinajstić information content (AvgIpc) is 2.78. The third-order valence-electron chi connectivity index (χ3n) is 6.92. The molecule has 0 radical (unpaired) electrons. The van der Waals surface area contributed by atoms with E-state index in [1.807, 2.05) is 6.07 Å². The number of fused-ring (bicyclic) bond motifs is 1. The Balaban J connectivity index is 1.40. The van der Waals surface area contributed by atoms with E-state index in [1.165, 1.54) is 69.4 Å². The molecular formula is C28H33FO. The highest BCUT2D eigenvalue weighted by Gasteiger charge is 2.22. The molecule has 0 bridgehead atoms. The van der Waals surface area contributed by atoms with Crippen molar-refractivity contribution in [3.63, 3.8) is 0 Å². The zero-order valence-corrected chi connectivity index (χ0v) is 18.0. The molecule has 1 fully saturated rings. The van der Waals surface area contributed by atoms with Crippen LogP contribution in [0.2, 0.25) is 0 Å². The summed E-state index contributed by atoms with van der Waals surface area (Å²) in [6.07, 6.45) is 12.2. The number of aromatic hydroxyl groups is 1. The van der Waals surface area contributed by atoms with Crippen molar-refractivity contribution >= 4 is 10.8 Å². The lowest BCUT2D eigenvalue weighted by molar-refractivity contribution is 0.302. The Hall–Kier alpha value is -2.35. The number of phenolic OH excluding ortho intramolecular Hbond substituents is 1. The molecule has 0 unspecified atom stereocenters. The molecule has 1 saturated carbocycles. The van der Waals surface area contributed by atoms with Crippen molar-refractivity contribution in [2.75, 3.05) is 0 Å². The number of halogens is 1. The van der Waals surface area contributed by atoms with Gasteiger partial charge < -0.3 is 5.11 Å². The molecule has 0 saturated heterocycles. The molecular weight excluding hydrogens is 371 g/mol. The zero-order valence-electron chi connectivity index (χ0n) is 18.0. The molecule has 0 heterocycles. The van der Waals surface area contributed by atoms with Gasteiger partial charge in [0.2, 0.25) is 0 Å². The Morgan fingerprint density at radius 1 is 0.833 bits per heavy atom. The van der Waals surface area contributed by atoms with Crippen LogP contribution in [0.5, 0.6) is 5.75 Å². The Labute approximate surface area is 180 Å². The quantitative estimate of drug-likeness (QED) is 0.391. The number of hydrogen-bond donors (Lipinski definition) is 1. The van der Waals surface area contributed by atoms with Gasteiger partial charge in [-0.3, -0.25) is 0 Å². The van der Waals surface area contributed by atoms with E-state index in [-0.39, 0.29) is 11.6 Å². The van der Waals surface area contributed by atoms with Crippen LogP contribution in [-0.4, -0.2) is 5.11 Å². The predicted octanol–water partition coefficient (Wildman–Crippen LogP) is 8.60. The molecule has 3 aromatic rings. The van der Waals surface area contributed by atoms with Gasteiger partial charge in [0.15, 0.2) is 0 Å². The van der Waals surface area contributed by atoms with E-state index in [9.17, 15) is 9.50 Å². The largest absolute Gasteiger partial charge is 0.508 e. The van der Waals surface area contributed by atoms with Crippen LogP contribution in [0.25, 0.3) is 21.9 Å². The van der Waals surface area contributed by atoms with E-state index in [4.69, 9.17) is 0 Å². The first-order chi connectivity index (χ1) is 14.6. The van der Waals surface area contributed by atoms with Crippen LogP contribution >= 0.6 is 0 Å². The molecule has 1 aliphatic carbocycles. The van der Waals surface area contributed by atoms with Crippen molar-refractivity contribution in [2.45, 2.75) is 70.6 Å². The second-order valence-corrected chi connectivity index (χ2v) is 9.05. The molecule has 0 aromatic heterocycles. The number of benzene rings is 3. The van der Waals surface area contributed by atoms with Crippen molar-refractivity contribution in [1.82, 2.24) is 0 Å². The lowest BCUT2D eigenvalue weighted by Crippen LogP contribution is -2.13. The summed E-state index contributed by atoms with van der Waals surface area (Å²) in [7, 11) is 0. The Morgan fingerprint density at radius 3 is 2.33 bits per heavy atom. The van der Waals surface area contributed by atoms with Crippen LogP contribution in [0.4, 0.5) is 4.39 Å². The van der Waals surface area contributed by atoms with Crippen molar-refractivity contribution < 1.29 is 9.50 Å². The Kier molecular flexibility index (Phi) is 6.72. The topological polar surface area (TPSA) is 20.2 Å². The molecule has 0 atom stereocenters. The molecule has 3 aromatic carbocycles. The van der Waals surface area contributed by atoms with Crippen molar-refractivity contribution in [3.05, 3.63) is 66.0 Å². The first-order valence-electron chi connectivity index (χ1n) is 11.7. The summed E-state index contributed by atoms with van der Waals surface area (Å²) in [5, 5.41) is 10.9. The fourth-order valence-corrected chi connectivity index (χ4v) is 5.06. The highest BCUT2D eigenvalue weighted by atomic mass is 19.1. The van der Waals surface area contributed by atoms with E-state index < -0.39 is 0 Å². The Morgan fingerprint density at radius 2 is 1.60 bits per heavy atom. The summed E-state index contributed by atoms with van der Waals surface area (Å²) in [5.41, 5.74) is 3.35. The normalized spacial score (nSPS) is 19.3. The predicted molar refractivity (Wildman–Crippen MR) is 124 cm³/mol. The van der Waals surface area contributed by atoms with Crippen LogP contribution in [0.1, 0.15) is 76.2 Å². The van der Waals surface area contributed by atoms with E-state index in [0.29, 0.717) is 11.3 Å². The maximum Gasteiger partial charge on any atom is 0.131 e. The molecule has 1 N–H and O–H groups in total. The van der Waals surface area contributed by atoms with Gasteiger partial charge in [-0.15, -0.1) is 0 Å². The number of unbranched alkanes of at least 4 members (excludes halogenated alkanes) is 3. The minimum atomic E-state index is -0.292. The van der Waals surface area contributed by atoms with Gasteiger partial charge in [0.05, 0.1) is 0 Å². The monoisotopic (exact) mass is 404 g/mol. The minimum Gasteiger partial charge on any atom is -0.508 e.